The summed E-state index contributed by atoms with van der Waals surface area (Å²) in [6.07, 6.45) is 2.59. The van der Waals surface area contributed by atoms with Gasteiger partial charge in [0, 0.05) is 32.7 Å². The topological polar surface area (TPSA) is 174 Å². The van der Waals surface area contributed by atoms with E-state index in [0.717, 1.165) is 0 Å². The molecule has 4 N–H and O–H groups in total. The number of urea groups is 1. The van der Waals surface area contributed by atoms with E-state index in [1.54, 1.807) is 41.5 Å². The molecule has 272 valence electrons. The van der Waals surface area contributed by atoms with E-state index in [2.05, 4.69) is 34.4 Å². The summed E-state index contributed by atoms with van der Waals surface area (Å²) in [5.41, 5.74) is -1.58. The minimum Gasteiger partial charge on any atom is -0.346 e. The lowest BCUT2D eigenvalue weighted by Crippen LogP contribution is -2.62. The van der Waals surface area contributed by atoms with Crippen LogP contribution in [0.1, 0.15) is 76.2 Å². The van der Waals surface area contributed by atoms with Crippen LogP contribution in [0.25, 0.3) is 0 Å². The number of likely N-dealkylation sites (tertiary alicyclic amines) is 1. The van der Waals surface area contributed by atoms with E-state index in [4.69, 9.17) is 0 Å². The third kappa shape index (κ3) is 8.85. The van der Waals surface area contributed by atoms with E-state index >= 15 is 0 Å². The number of sulfonamides is 1. The molecule has 0 bridgehead atoms. The minimum absolute atomic E-state index is 0.00622. The first-order valence-corrected chi connectivity index (χ1v) is 17.8. The highest BCUT2D eigenvalue weighted by atomic mass is 32.2. The molecule has 0 aromatic rings. The van der Waals surface area contributed by atoms with Crippen molar-refractivity contribution in [2.45, 2.75) is 105 Å². The summed E-state index contributed by atoms with van der Waals surface area (Å²) in [7, 11) is -2.20. The van der Waals surface area contributed by atoms with Crippen molar-refractivity contribution in [3.63, 3.8) is 0 Å². The van der Waals surface area contributed by atoms with E-state index < -0.39 is 79.3 Å². The number of rotatable bonds is 13. The Labute approximate surface area is 287 Å². The number of nitrogens with one attached hydrogen (secondary N) is 4. The van der Waals surface area contributed by atoms with Crippen LogP contribution in [0.3, 0.4) is 0 Å². The van der Waals surface area contributed by atoms with Crippen molar-refractivity contribution < 1.29 is 32.4 Å². The number of hydrogen-bond acceptors (Lipinski definition) is 7. The first-order valence-electron chi connectivity index (χ1n) is 16.3. The van der Waals surface area contributed by atoms with Gasteiger partial charge < -0.3 is 26.2 Å². The summed E-state index contributed by atoms with van der Waals surface area (Å²) >= 11 is 0. The number of amides is 5. The predicted octanol–water partition coefficient (Wildman–Crippen LogP) is 2.20. The van der Waals surface area contributed by atoms with Crippen molar-refractivity contribution in [1.29, 1.82) is 0 Å². The van der Waals surface area contributed by atoms with Gasteiger partial charge in [0.05, 0.1) is 4.75 Å². The van der Waals surface area contributed by atoms with Crippen molar-refractivity contribution >= 4 is 39.6 Å². The van der Waals surface area contributed by atoms with Gasteiger partial charge in [0.1, 0.15) is 18.1 Å². The monoisotopic (exact) mass is 694 g/mol. The molecule has 0 spiro atoms. The summed E-state index contributed by atoms with van der Waals surface area (Å²) in [6, 6.07) is -4.59. The molecule has 2 rings (SSSR count). The molecule has 1 aliphatic heterocycles. The van der Waals surface area contributed by atoms with Crippen LogP contribution in [0.2, 0.25) is 0 Å². The Morgan fingerprint density at radius 2 is 1.50 bits per heavy atom. The third-order valence-corrected chi connectivity index (χ3v) is 12.1. The maximum atomic E-state index is 14.3. The lowest BCUT2D eigenvalue weighted by Gasteiger charge is -2.39. The number of Topliss-reactive ketones (excluding diaryl/α,β-unsaturated/α-hetero) is 1. The number of hydrogen-bond donors (Lipinski definition) is 4. The Bertz CT molecular complexity index is 1400. The fourth-order valence-corrected chi connectivity index (χ4v) is 7.46. The smallest absolute Gasteiger partial charge is 0.315 e. The number of carbonyl (C=O) groups is 5. The van der Waals surface area contributed by atoms with Crippen LogP contribution >= 0.6 is 0 Å². The number of nitrogens with zero attached hydrogens (tertiary/aromatic N) is 2. The zero-order chi connectivity index (χ0) is 37.4. The fraction of sp³-hybridized carbons (Fsp3) is 0.735. The number of likely N-dealkylation sites (N-methyl/N-ethyl adjacent to an activating group) is 1. The summed E-state index contributed by atoms with van der Waals surface area (Å²) in [5.74, 6) is -3.04. The molecule has 0 aromatic carbocycles. The van der Waals surface area contributed by atoms with Gasteiger partial charge in [0.15, 0.2) is 0 Å². The van der Waals surface area contributed by atoms with Crippen molar-refractivity contribution in [3.05, 3.63) is 25.3 Å². The highest BCUT2D eigenvalue weighted by Gasteiger charge is 2.70. The Hall–Kier alpha value is -3.26. The molecule has 1 aliphatic carbocycles. The standard InChI is InChI=1S/C34H58N6O7S/c1-15-17-35-28(43)25(41)21(16-2)36-27(42)24-23-20(34(23,12)13)18-40(24)29(44)26(32(6,7)8)38-30(45)37-22(31(3,4)5)19-39(14)48(46,47)33(9,10)11/h15-16,20-24,26H,1-2,17-19H2,3-14H3,(H,35,43)(H,36,42)(H2,37,38,45)/t20-,21?,22+,23-,24-,26+/m0/s1. The predicted molar refractivity (Wildman–Crippen MR) is 186 cm³/mol. The SMILES string of the molecule is C=CCNC(=O)C(=O)C(C=C)NC(=O)[C@@H]1[C@@H]2[C@H](CN1C(=O)[C@@H](NC(=O)N[C@H](CN(C)S(=O)(=O)C(C)(C)C)C(C)(C)C)C(C)(C)C)C2(C)C. The molecular weight excluding hydrogens is 636 g/mol. The van der Waals surface area contributed by atoms with Gasteiger partial charge in [-0.3, -0.25) is 19.2 Å². The molecule has 1 heterocycles. The molecule has 2 aliphatic rings. The Balaban J connectivity index is 2.33. The lowest BCUT2D eigenvalue weighted by molar-refractivity contribution is -0.144. The van der Waals surface area contributed by atoms with E-state index in [1.807, 2.05) is 34.6 Å². The van der Waals surface area contributed by atoms with Gasteiger partial charge in [0.25, 0.3) is 5.91 Å². The van der Waals surface area contributed by atoms with Crippen LogP contribution < -0.4 is 21.3 Å². The zero-order valence-electron chi connectivity index (χ0n) is 30.8. The van der Waals surface area contributed by atoms with Crippen LogP contribution in [-0.4, -0.2) is 103 Å². The molecule has 5 amide bonds. The van der Waals surface area contributed by atoms with Gasteiger partial charge in [0.2, 0.25) is 27.6 Å². The summed E-state index contributed by atoms with van der Waals surface area (Å²) in [6.45, 7) is 27.4. The van der Waals surface area contributed by atoms with E-state index in [-0.39, 0.29) is 36.9 Å². The average molecular weight is 695 g/mol. The van der Waals surface area contributed by atoms with Gasteiger partial charge in [-0.1, -0.05) is 67.5 Å². The summed E-state index contributed by atoms with van der Waals surface area (Å²) in [5, 5.41) is 10.7. The first-order chi connectivity index (χ1) is 21.6. The molecule has 2 fully saturated rings. The zero-order valence-corrected chi connectivity index (χ0v) is 31.6. The molecule has 1 saturated carbocycles. The van der Waals surface area contributed by atoms with Crippen LogP contribution in [0.4, 0.5) is 4.79 Å². The van der Waals surface area contributed by atoms with E-state index in [9.17, 15) is 32.4 Å². The van der Waals surface area contributed by atoms with Gasteiger partial charge in [-0.25, -0.2) is 17.5 Å². The van der Waals surface area contributed by atoms with E-state index in [1.165, 1.54) is 28.4 Å². The second-order valence-electron chi connectivity index (χ2n) is 16.7. The highest BCUT2D eigenvalue weighted by Crippen LogP contribution is 2.65. The Morgan fingerprint density at radius 3 is 1.96 bits per heavy atom. The van der Waals surface area contributed by atoms with Crippen LogP contribution in [-0.2, 0) is 29.2 Å². The minimum atomic E-state index is -3.68. The van der Waals surface area contributed by atoms with Crippen molar-refractivity contribution in [2.24, 2.45) is 28.1 Å². The fourth-order valence-electron chi connectivity index (χ4n) is 6.18. The Kier molecular flexibility index (Phi) is 12.2. The quantitative estimate of drug-likeness (QED) is 0.169. The van der Waals surface area contributed by atoms with E-state index in [0.29, 0.717) is 0 Å². The van der Waals surface area contributed by atoms with Gasteiger partial charge >= 0.3 is 6.03 Å². The Morgan fingerprint density at radius 1 is 0.938 bits per heavy atom. The molecule has 1 saturated heterocycles. The van der Waals surface area contributed by atoms with Crippen LogP contribution in [0.5, 0.6) is 0 Å². The molecule has 0 radical (unpaired) electrons. The maximum Gasteiger partial charge on any atom is 0.315 e. The maximum absolute atomic E-state index is 14.3. The van der Waals surface area contributed by atoms with Gasteiger partial charge in [-0.05, 0) is 48.9 Å². The molecule has 6 atom stereocenters. The molecule has 14 heteroatoms. The van der Waals surface area contributed by atoms with Gasteiger partial charge in [-0.2, -0.15) is 0 Å². The number of ketones is 1. The summed E-state index contributed by atoms with van der Waals surface area (Å²) < 4.78 is 26.3. The van der Waals surface area contributed by atoms with Gasteiger partial charge in [-0.15, -0.1) is 13.2 Å². The number of fused-ring (bicyclic) bond motifs is 1. The normalized spacial score (nSPS) is 22.4. The average Bonchev–Trinajstić information content (AvgIpc) is 3.26. The first kappa shape index (κ1) is 40.9. The summed E-state index contributed by atoms with van der Waals surface area (Å²) in [4.78, 5) is 68.2. The molecule has 13 nitrogen and oxygen atoms in total. The highest BCUT2D eigenvalue weighted by molar-refractivity contribution is 7.90. The molecule has 1 unspecified atom stereocenters. The van der Waals surface area contributed by atoms with Crippen LogP contribution in [0.15, 0.2) is 25.3 Å². The second kappa shape index (κ2) is 14.3. The number of piperidine rings is 1. The van der Waals surface area contributed by atoms with Crippen molar-refractivity contribution in [3.8, 4) is 0 Å². The molecular formula is C34H58N6O7S. The largest absolute Gasteiger partial charge is 0.346 e. The number of carbonyl (C=O) groups excluding carboxylic acids is 5. The van der Waals surface area contributed by atoms with Crippen molar-refractivity contribution in [1.82, 2.24) is 30.5 Å². The molecule has 0 aromatic heterocycles. The van der Waals surface area contributed by atoms with Crippen LogP contribution in [0, 0.1) is 28.1 Å². The third-order valence-electron chi connectivity index (χ3n) is 9.57. The lowest BCUT2D eigenvalue weighted by atomic mass is 9.85. The second-order valence-corrected chi connectivity index (χ2v) is 19.5. The van der Waals surface area contributed by atoms with Crippen molar-refractivity contribution in [2.75, 3.05) is 26.7 Å². The molecule has 48 heavy (non-hydrogen) atoms.